The Kier molecular flexibility index (Phi) is 4.69. The first-order chi connectivity index (χ1) is 14.7. The van der Waals surface area contributed by atoms with Gasteiger partial charge in [0.1, 0.15) is 17.3 Å². The molecule has 2 N–H and O–H groups in total. The SMILES string of the molecule is NC(=O)c1ccc(-c2ccc3c(c2)C(N2CCOCC2)=Nc2ccccc2O3)cc1. The summed E-state index contributed by atoms with van der Waals surface area (Å²) in [6.07, 6.45) is 0. The molecule has 5 rings (SSSR count). The Morgan fingerprint density at radius 3 is 2.40 bits per heavy atom. The minimum absolute atomic E-state index is 0.434. The zero-order chi connectivity index (χ0) is 20.5. The van der Waals surface area contributed by atoms with Gasteiger partial charge >= 0.3 is 0 Å². The van der Waals surface area contributed by atoms with Gasteiger partial charge < -0.3 is 20.1 Å². The highest BCUT2D eigenvalue weighted by Gasteiger charge is 2.24. The summed E-state index contributed by atoms with van der Waals surface area (Å²) in [5.74, 6) is 1.95. The third-order valence-corrected chi connectivity index (χ3v) is 5.35. The maximum absolute atomic E-state index is 11.4. The van der Waals surface area contributed by atoms with Gasteiger partial charge in [0, 0.05) is 18.7 Å². The average molecular weight is 399 g/mol. The highest BCUT2D eigenvalue weighted by Crippen LogP contribution is 2.39. The molecule has 6 nitrogen and oxygen atoms in total. The molecule has 3 aromatic carbocycles. The molecular formula is C24H21N3O3. The molecule has 0 aromatic heterocycles. The van der Waals surface area contributed by atoms with Crippen LogP contribution in [0.25, 0.3) is 11.1 Å². The number of carbonyl (C=O) groups is 1. The van der Waals surface area contributed by atoms with Crippen molar-refractivity contribution in [2.75, 3.05) is 26.3 Å². The number of fused-ring (bicyclic) bond motifs is 2. The fraction of sp³-hybridized carbons (Fsp3) is 0.167. The van der Waals surface area contributed by atoms with E-state index in [0.29, 0.717) is 18.8 Å². The van der Waals surface area contributed by atoms with Crippen LogP contribution in [0.2, 0.25) is 0 Å². The first kappa shape index (κ1) is 18.4. The molecule has 0 spiro atoms. The molecule has 1 amide bonds. The van der Waals surface area contributed by atoms with Gasteiger partial charge in [-0.1, -0.05) is 30.3 Å². The molecule has 6 heteroatoms. The Morgan fingerprint density at radius 1 is 0.900 bits per heavy atom. The molecule has 1 fully saturated rings. The van der Waals surface area contributed by atoms with Crippen LogP contribution in [0.4, 0.5) is 5.69 Å². The van der Waals surface area contributed by atoms with Crippen molar-refractivity contribution in [2.24, 2.45) is 10.7 Å². The second-order valence-electron chi connectivity index (χ2n) is 7.26. The van der Waals surface area contributed by atoms with Crippen LogP contribution in [-0.4, -0.2) is 42.9 Å². The Hall–Kier alpha value is -3.64. The predicted octanol–water partition coefficient (Wildman–Crippen LogP) is 3.97. The lowest BCUT2D eigenvalue weighted by molar-refractivity contribution is 0.0683. The van der Waals surface area contributed by atoms with E-state index in [-0.39, 0.29) is 0 Å². The van der Waals surface area contributed by atoms with Crippen LogP contribution in [0.15, 0.2) is 71.7 Å². The van der Waals surface area contributed by atoms with Crippen molar-refractivity contribution in [3.8, 4) is 22.6 Å². The first-order valence-electron chi connectivity index (χ1n) is 9.92. The molecular weight excluding hydrogens is 378 g/mol. The molecule has 150 valence electrons. The lowest BCUT2D eigenvalue weighted by Gasteiger charge is -2.30. The minimum Gasteiger partial charge on any atom is -0.454 e. The summed E-state index contributed by atoms with van der Waals surface area (Å²) in [5.41, 5.74) is 9.60. The van der Waals surface area contributed by atoms with Crippen molar-refractivity contribution in [1.82, 2.24) is 4.90 Å². The van der Waals surface area contributed by atoms with Gasteiger partial charge in [-0.05, 0) is 47.5 Å². The molecule has 2 aliphatic heterocycles. The van der Waals surface area contributed by atoms with E-state index in [0.717, 1.165) is 52.8 Å². The van der Waals surface area contributed by atoms with Crippen LogP contribution in [0.1, 0.15) is 15.9 Å². The zero-order valence-electron chi connectivity index (χ0n) is 16.4. The summed E-state index contributed by atoms with van der Waals surface area (Å²) in [4.78, 5) is 18.6. The average Bonchev–Trinajstić information content (AvgIpc) is 2.96. The Labute approximate surface area is 174 Å². The second-order valence-corrected chi connectivity index (χ2v) is 7.26. The number of hydrogen-bond donors (Lipinski definition) is 1. The van der Waals surface area contributed by atoms with Crippen molar-refractivity contribution < 1.29 is 14.3 Å². The van der Waals surface area contributed by atoms with Crippen molar-refractivity contribution in [3.05, 3.63) is 77.9 Å². The number of benzene rings is 3. The van der Waals surface area contributed by atoms with Crippen LogP contribution in [-0.2, 0) is 4.74 Å². The number of nitrogens with two attached hydrogens (primary N) is 1. The van der Waals surface area contributed by atoms with Gasteiger partial charge in [0.15, 0.2) is 5.75 Å². The zero-order valence-corrected chi connectivity index (χ0v) is 16.4. The first-order valence-corrected chi connectivity index (χ1v) is 9.92. The minimum atomic E-state index is -0.434. The predicted molar refractivity (Wildman–Crippen MR) is 116 cm³/mol. The second kappa shape index (κ2) is 7.65. The van der Waals surface area contributed by atoms with Crippen LogP contribution in [0, 0.1) is 0 Å². The third kappa shape index (κ3) is 3.42. The van der Waals surface area contributed by atoms with Gasteiger partial charge in [0.05, 0.1) is 18.8 Å². The van der Waals surface area contributed by atoms with Gasteiger partial charge in [-0.3, -0.25) is 4.79 Å². The Balaban J connectivity index is 1.61. The molecule has 30 heavy (non-hydrogen) atoms. The largest absolute Gasteiger partial charge is 0.454 e. The number of hydrogen-bond acceptors (Lipinski definition) is 5. The molecule has 0 radical (unpaired) electrons. The van der Waals surface area contributed by atoms with Crippen molar-refractivity contribution >= 4 is 17.4 Å². The monoisotopic (exact) mass is 399 g/mol. The molecule has 0 bridgehead atoms. The quantitative estimate of drug-likeness (QED) is 0.707. The van der Waals surface area contributed by atoms with Crippen molar-refractivity contribution in [2.45, 2.75) is 0 Å². The van der Waals surface area contributed by atoms with E-state index >= 15 is 0 Å². The van der Waals surface area contributed by atoms with Gasteiger partial charge in [0.25, 0.3) is 0 Å². The van der Waals surface area contributed by atoms with Gasteiger partial charge in [-0.15, -0.1) is 0 Å². The highest BCUT2D eigenvalue weighted by atomic mass is 16.5. The number of aliphatic imine (C=N–C) groups is 1. The van der Waals surface area contributed by atoms with E-state index < -0.39 is 5.91 Å². The van der Waals surface area contributed by atoms with Crippen LogP contribution < -0.4 is 10.5 Å². The summed E-state index contributed by atoms with van der Waals surface area (Å²) in [6.45, 7) is 2.90. The molecule has 2 heterocycles. The smallest absolute Gasteiger partial charge is 0.248 e. The van der Waals surface area contributed by atoms with Crippen LogP contribution in [0.5, 0.6) is 11.5 Å². The molecule has 0 aliphatic carbocycles. The number of morpholine rings is 1. The third-order valence-electron chi connectivity index (χ3n) is 5.35. The number of carbonyl (C=O) groups excluding carboxylic acids is 1. The van der Waals surface area contributed by atoms with Crippen molar-refractivity contribution in [1.29, 1.82) is 0 Å². The summed E-state index contributed by atoms with van der Waals surface area (Å²) in [6, 6.07) is 21.2. The number of ether oxygens (including phenoxy) is 2. The fourth-order valence-corrected chi connectivity index (χ4v) is 3.75. The molecule has 1 saturated heterocycles. The van der Waals surface area contributed by atoms with E-state index in [1.165, 1.54) is 0 Å². The number of primary amides is 1. The lowest BCUT2D eigenvalue weighted by Crippen LogP contribution is -2.41. The molecule has 0 atom stereocenters. The standard InChI is InChI=1S/C24H21N3O3/c25-23(28)17-7-5-16(6-8-17)18-9-10-21-19(15-18)24(27-11-13-29-14-12-27)26-20-3-1-2-4-22(20)30-21/h1-10,15H,11-14H2,(H2,25,28). The molecule has 3 aromatic rings. The number of rotatable bonds is 2. The summed E-state index contributed by atoms with van der Waals surface area (Å²) < 4.78 is 11.8. The lowest BCUT2D eigenvalue weighted by atomic mass is 10.00. The van der Waals surface area contributed by atoms with Crippen molar-refractivity contribution in [3.63, 3.8) is 0 Å². The van der Waals surface area contributed by atoms with E-state index in [2.05, 4.69) is 11.0 Å². The highest BCUT2D eigenvalue weighted by molar-refractivity contribution is 6.04. The molecule has 0 saturated carbocycles. The summed E-state index contributed by atoms with van der Waals surface area (Å²) in [7, 11) is 0. The normalized spacial score (nSPS) is 15.3. The fourth-order valence-electron chi connectivity index (χ4n) is 3.75. The van der Waals surface area contributed by atoms with Crippen LogP contribution in [0.3, 0.4) is 0 Å². The van der Waals surface area contributed by atoms with Gasteiger partial charge in [-0.2, -0.15) is 0 Å². The summed E-state index contributed by atoms with van der Waals surface area (Å²) >= 11 is 0. The Bertz CT molecular complexity index is 1130. The number of nitrogens with zero attached hydrogens (tertiary/aromatic N) is 2. The van der Waals surface area contributed by atoms with E-state index in [9.17, 15) is 4.79 Å². The molecule has 2 aliphatic rings. The topological polar surface area (TPSA) is 77.2 Å². The van der Waals surface area contributed by atoms with Crippen LogP contribution >= 0.6 is 0 Å². The number of amidine groups is 1. The maximum atomic E-state index is 11.4. The maximum Gasteiger partial charge on any atom is 0.248 e. The van der Waals surface area contributed by atoms with E-state index in [1.807, 2.05) is 48.5 Å². The van der Waals surface area contributed by atoms with Gasteiger partial charge in [0.2, 0.25) is 5.91 Å². The number of amides is 1. The number of para-hydroxylation sites is 2. The van der Waals surface area contributed by atoms with E-state index in [1.54, 1.807) is 12.1 Å². The molecule has 0 unspecified atom stereocenters. The van der Waals surface area contributed by atoms with Gasteiger partial charge in [-0.25, -0.2) is 4.99 Å². The van der Waals surface area contributed by atoms with E-state index in [4.69, 9.17) is 20.2 Å². The Morgan fingerprint density at radius 2 is 1.63 bits per heavy atom. The summed E-state index contributed by atoms with van der Waals surface area (Å²) in [5, 5.41) is 0.